The molecule has 3 unspecified atom stereocenters. The molecule has 1 nitrogen and oxygen atoms in total. The lowest BCUT2D eigenvalue weighted by molar-refractivity contribution is 0.144. The number of allylic oxidation sites excluding steroid dienone is 3. The van der Waals surface area contributed by atoms with E-state index in [0.717, 1.165) is 6.42 Å². The maximum Gasteiger partial charge on any atom is 0.0113 e. The van der Waals surface area contributed by atoms with Gasteiger partial charge in [0.25, 0.3) is 0 Å². The van der Waals surface area contributed by atoms with Crippen molar-refractivity contribution in [3.63, 3.8) is 0 Å². The third-order valence-electron chi connectivity index (χ3n) is 3.63. The summed E-state index contributed by atoms with van der Waals surface area (Å²) in [5, 5.41) is 0. The van der Waals surface area contributed by atoms with E-state index in [9.17, 15) is 0 Å². The molecule has 16 heavy (non-hydrogen) atoms. The van der Waals surface area contributed by atoms with Gasteiger partial charge in [-0.3, -0.25) is 0 Å². The molecule has 0 heterocycles. The van der Waals surface area contributed by atoms with Crippen LogP contribution in [0.5, 0.6) is 0 Å². The van der Waals surface area contributed by atoms with Crippen molar-refractivity contribution in [1.29, 1.82) is 0 Å². The molecule has 0 aromatic heterocycles. The Morgan fingerprint density at radius 2 is 1.88 bits per heavy atom. The maximum atomic E-state index is 6.25. The van der Waals surface area contributed by atoms with Gasteiger partial charge in [0.05, 0.1) is 0 Å². The van der Waals surface area contributed by atoms with E-state index in [-0.39, 0.29) is 0 Å². The largest absolute Gasteiger partial charge is 0.327 e. The third kappa shape index (κ3) is 2.98. The minimum Gasteiger partial charge on any atom is -0.327 e. The molecular weight excluding hydrogens is 194 g/mol. The summed E-state index contributed by atoms with van der Waals surface area (Å²) in [6.45, 7) is 10.8. The summed E-state index contributed by atoms with van der Waals surface area (Å²) in [5.41, 5.74) is 8.05. The maximum absolute atomic E-state index is 6.25. The molecule has 0 aliphatic heterocycles. The SMILES string of the molecule is CC.CC1=CC2C(N)CC(C)(C)CC2C=C1. The van der Waals surface area contributed by atoms with Gasteiger partial charge in [-0.2, -0.15) is 0 Å². The summed E-state index contributed by atoms with van der Waals surface area (Å²) in [4.78, 5) is 0. The summed E-state index contributed by atoms with van der Waals surface area (Å²) in [6.07, 6.45) is 9.41. The molecule has 0 spiro atoms. The van der Waals surface area contributed by atoms with Gasteiger partial charge in [-0.05, 0) is 37.0 Å². The number of fused-ring (bicyclic) bond motifs is 1. The lowest BCUT2D eigenvalue weighted by atomic mass is 9.63. The lowest BCUT2D eigenvalue weighted by Gasteiger charge is -2.44. The standard InChI is InChI=1S/C13H21N.C2H6/c1-9-4-5-10-7-13(2,3)8-12(14)11(10)6-9;1-2/h4-6,10-12H,7-8,14H2,1-3H3;1-2H3. The van der Waals surface area contributed by atoms with Gasteiger partial charge in [-0.25, -0.2) is 0 Å². The van der Waals surface area contributed by atoms with Crippen LogP contribution in [-0.4, -0.2) is 6.04 Å². The Hall–Kier alpha value is -0.560. The molecule has 0 radical (unpaired) electrons. The minimum absolute atomic E-state index is 0.351. The van der Waals surface area contributed by atoms with Crippen LogP contribution < -0.4 is 5.73 Å². The van der Waals surface area contributed by atoms with E-state index in [1.54, 1.807) is 0 Å². The molecule has 2 N–H and O–H groups in total. The quantitative estimate of drug-likeness (QED) is 0.659. The van der Waals surface area contributed by atoms with E-state index in [2.05, 4.69) is 39.0 Å². The van der Waals surface area contributed by atoms with Gasteiger partial charge in [-0.1, -0.05) is 51.5 Å². The lowest BCUT2D eigenvalue weighted by Crippen LogP contribution is -2.44. The fraction of sp³-hybridized carbons (Fsp3) is 0.733. The molecule has 92 valence electrons. The Kier molecular flexibility index (Phi) is 4.37. The van der Waals surface area contributed by atoms with Crippen LogP contribution in [0.1, 0.15) is 47.5 Å². The first-order valence-corrected chi connectivity index (χ1v) is 6.60. The third-order valence-corrected chi connectivity index (χ3v) is 3.63. The van der Waals surface area contributed by atoms with Crippen molar-refractivity contribution in [2.24, 2.45) is 23.0 Å². The molecule has 0 aromatic carbocycles. The predicted molar refractivity (Wildman–Crippen MR) is 72.2 cm³/mol. The Balaban J connectivity index is 0.000000606. The molecule has 0 bridgehead atoms. The Bertz CT molecular complexity index is 286. The van der Waals surface area contributed by atoms with Gasteiger partial charge in [0, 0.05) is 6.04 Å². The van der Waals surface area contributed by atoms with Crippen LogP contribution in [0.25, 0.3) is 0 Å². The van der Waals surface area contributed by atoms with Crippen molar-refractivity contribution < 1.29 is 0 Å². The summed E-state index contributed by atoms with van der Waals surface area (Å²) >= 11 is 0. The first-order chi connectivity index (χ1) is 7.48. The highest BCUT2D eigenvalue weighted by atomic mass is 14.7. The van der Waals surface area contributed by atoms with E-state index >= 15 is 0 Å². The first kappa shape index (κ1) is 13.5. The Labute approximate surface area is 101 Å². The molecule has 1 fully saturated rings. The van der Waals surface area contributed by atoms with Crippen LogP contribution >= 0.6 is 0 Å². The van der Waals surface area contributed by atoms with Crippen LogP contribution in [-0.2, 0) is 0 Å². The van der Waals surface area contributed by atoms with Gasteiger partial charge in [-0.15, -0.1) is 0 Å². The summed E-state index contributed by atoms with van der Waals surface area (Å²) in [6, 6.07) is 0.351. The smallest absolute Gasteiger partial charge is 0.0113 e. The van der Waals surface area contributed by atoms with Crippen molar-refractivity contribution in [3.05, 3.63) is 23.8 Å². The Morgan fingerprint density at radius 1 is 1.25 bits per heavy atom. The van der Waals surface area contributed by atoms with E-state index in [1.807, 2.05) is 13.8 Å². The van der Waals surface area contributed by atoms with Gasteiger partial charge < -0.3 is 5.73 Å². The van der Waals surface area contributed by atoms with Gasteiger partial charge in [0.15, 0.2) is 0 Å². The van der Waals surface area contributed by atoms with Crippen molar-refractivity contribution in [3.8, 4) is 0 Å². The second kappa shape index (κ2) is 5.18. The van der Waals surface area contributed by atoms with Crippen LogP contribution in [0.4, 0.5) is 0 Å². The normalized spacial score (nSPS) is 35.6. The molecule has 0 amide bonds. The monoisotopic (exact) mass is 221 g/mol. The summed E-state index contributed by atoms with van der Waals surface area (Å²) in [7, 11) is 0. The molecule has 1 heteroatoms. The molecule has 0 saturated heterocycles. The highest BCUT2D eigenvalue weighted by Gasteiger charge is 2.38. The van der Waals surface area contributed by atoms with Crippen molar-refractivity contribution >= 4 is 0 Å². The topological polar surface area (TPSA) is 26.0 Å². The molecular formula is C15H27N. The summed E-state index contributed by atoms with van der Waals surface area (Å²) in [5.74, 6) is 1.27. The minimum atomic E-state index is 0.351. The fourth-order valence-corrected chi connectivity index (χ4v) is 3.03. The molecule has 0 aromatic rings. The summed E-state index contributed by atoms with van der Waals surface area (Å²) < 4.78 is 0. The van der Waals surface area contributed by atoms with Crippen LogP contribution in [0.2, 0.25) is 0 Å². The van der Waals surface area contributed by atoms with Gasteiger partial charge in [0.1, 0.15) is 0 Å². The van der Waals surface area contributed by atoms with Gasteiger partial charge >= 0.3 is 0 Å². The van der Waals surface area contributed by atoms with Crippen molar-refractivity contribution in [2.45, 2.75) is 53.5 Å². The number of rotatable bonds is 0. The van der Waals surface area contributed by atoms with E-state index < -0.39 is 0 Å². The van der Waals surface area contributed by atoms with Crippen LogP contribution in [0, 0.1) is 17.3 Å². The fourth-order valence-electron chi connectivity index (χ4n) is 3.03. The van der Waals surface area contributed by atoms with E-state index in [1.165, 1.54) is 12.0 Å². The molecule has 1 saturated carbocycles. The molecule has 2 rings (SSSR count). The second-order valence-electron chi connectivity index (χ2n) is 5.75. The zero-order valence-electron chi connectivity index (χ0n) is 11.5. The average molecular weight is 221 g/mol. The Morgan fingerprint density at radius 3 is 2.50 bits per heavy atom. The molecule has 2 aliphatic carbocycles. The zero-order valence-corrected chi connectivity index (χ0v) is 11.5. The van der Waals surface area contributed by atoms with Crippen LogP contribution in [0.15, 0.2) is 23.8 Å². The number of nitrogens with two attached hydrogens (primary N) is 1. The van der Waals surface area contributed by atoms with E-state index in [0.29, 0.717) is 23.3 Å². The average Bonchev–Trinajstić information content (AvgIpc) is 2.21. The number of hydrogen-bond acceptors (Lipinski definition) is 1. The zero-order chi connectivity index (χ0) is 12.3. The predicted octanol–water partition coefficient (Wildman–Crippen LogP) is 3.91. The van der Waals surface area contributed by atoms with Crippen molar-refractivity contribution in [1.82, 2.24) is 0 Å². The van der Waals surface area contributed by atoms with E-state index in [4.69, 9.17) is 5.73 Å². The van der Waals surface area contributed by atoms with Gasteiger partial charge in [0.2, 0.25) is 0 Å². The highest BCUT2D eigenvalue weighted by Crippen LogP contribution is 2.44. The second-order valence-corrected chi connectivity index (χ2v) is 5.75. The number of hydrogen-bond donors (Lipinski definition) is 1. The highest BCUT2D eigenvalue weighted by molar-refractivity contribution is 5.26. The first-order valence-electron chi connectivity index (χ1n) is 6.60. The van der Waals surface area contributed by atoms with Crippen molar-refractivity contribution in [2.75, 3.05) is 0 Å². The molecule has 2 aliphatic rings. The molecule has 3 atom stereocenters. The van der Waals surface area contributed by atoms with Crippen LogP contribution in [0.3, 0.4) is 0 Å².